The van der Waals surface area contributed by atoms with E-state index in [9.17, 15) is 9.59 Å². The highest BCUT2D eigenvalue weighted by atomic mass is 16.5. The Morgan fingerprint density at radius 1 is 1.25 bits per heavy atom. The number of β-amino-alcohol motifs (C(OH)–C–C–N with tert-alkyl or cyclic N) is 1. The summed E-state index contributed by atoms with van der Waals surface area (Å²) in [6.07, 6.45) is 0. The molecule has 2 N–H and O–H groups in total. The summed E-state index contributed by atoms with van der Waals surface area (Å²) in [5.41, 5.74) is 0. The summed E-state index contributed by atoms with van der Waals surface area (Å²) in [5.74, 6) is -1.03. The number of carboxylic acids is 1. The predicted octanol–water partition coefficient (Wildman–Crippen LogP) is -1.25. The van der Waals surface area contributed by atoms with E-state index >= 15 is 0 Å². The van der Waals surface area contributed by atoms with Crippen LogP contribution in [0, 0.1) is 0 Å². The number of aliphatic hydroxyl groups is 1. The third-order valence-corrected chi connectivity index (χ3v) is 3.22. The first-order chi connectivity index (χ1) is 9.58. The minimum absolute atomic E-state index is 0.104. The molecule has 116 valence electrons. The normalized spacial score (nSPS) is 16.2. The molecule has 1 aliphatic rings. The van der Waals surface area contributed by atoms with Gasteiger partial charge in [-0.1, -0.05) is 0 Å². The van der Waals surface area contributed by atoms with Crippen LogP contribution in [0.5, 0.6) is 0 Å². The smallest absolute Gasteiger partial charge is 0.323 e. The predicted molar refractivity (Wildman–Crippen MR) is 71.6 cm³/mol. The van der Waals surface area contributed by atoms with Crippen molar-refractivity contribution in [3.8, 4) is 0 Å². The first-order valence-corrected chi connectivity index (χ1v) is 6.66. The minimum Gasteiger partial charge on any atom is -0.480 e. The zero-order chi connectivity index (χ0) is 15.0. The molecule has 0 atom stereocenters. The number of urea groups is 1. The molecule has 0 radical (unpaired) electrons. The average molecular weight is 289 g/mol. The summed E-state index contributed by atoms with van der Waals surface area (Å²) in [4.78, 5) is 28.1. The number of ether oxygens (including phenoxy) is 1. The lowest BCUT2D eigenvalue weighted by molar-refractivity contribution is -0.137. The Hall–Kier alpha value is -1.38. The van der Waals surface area contributed by atoms with Crippen LogP contribution in [-0.2, 0) is 9.53 Å². The molecule has 0 aliphatic carbocycles. The zero-order valence-corrected chi connectivity index (χ0v) is 11.8. The van der Waals surface area contributed by atoms with Gasteiger partial charge in [-0.05, 0) is 0 Å². The Morgan fingerprint density at radius 2 is 1.90 bits per heavy atom. The van der Waals surface area contributed by atoms with Crippen LogP contribution in [0.4, 0.5) is 4.79 Å². The highest BCUT2D eigenvalue weighted by Crippen LogP contribution is 2.06. The quantitative estimate of drug-likeness (QED) is 0.608. The van der Waals surface area contributed by atoms with E-state index in [4.69, 9.17) is 14.9 Å². The first-order valence-electron chi connectivity index (χ1n) is 6.66. The number of methoxy groups -OCH3 is 1. The van der Waals surface area contributed by atoms with Crippen LogP contribution in [0.15, 0.2) is 0 Å². The van der Waals surface area contributed by atoms with Crippen LogP contribution >= 0.6 is 0 Å². The lowest BCUT2D eigenvalue weighted by Crippen LogP contribution is -2.54. The molecule has 1 saturated heterocycles. The number of amides is 2. The van der Waals surface area contributed by atoms with Crippen molar-refractivity contribution in [3.05, 3.63) is 0 Å². The number of hydrogen-bond donors (Lipinski definition) is 2. The molecule has 1 heterocycles. The van der Waals surface area contributed by atoms with E-state index < -0.39 is 5.97 Å². The molecular weight excluding hydrogens is 266 g/mol. The first kappa shape index (κ1) is 16.7. The van der Waals surface area contributed by atoms with Gasteiger partial charge in [-0.25, -0.2) is 4.79 Å². The van der Waals surface area contributed by atoms with Crippen LogP contribution in [0.1, 0.15) is 0 Å². The molecule has 0 unspecified atom stereocenters. The second kappa shape index (κ2) is 8.72. The van der Waals surface area contributed by atoms with E-state index in [2.05, 4.69) is 4.90 Å². The highest BCUT2D eigenvalue weighted by Gasteiger charge is 2.26. The van der Waals surface area contributed by atoms with Crippen molar-refractivity contribution >= 4 is 12.0 Å². The molecule has 8 heteroatoms. The van der Waals surface area contributed by atoms with Gasteiger partial charge in [-0.3, -0.25) is 9.69 Å². The monoisotopic (exact) mass is 289 g/mol. The summed E-state index contributed by atoms with van der Waals surface area (Å²) >= 11 is 0. The summed E-state index contributed by atoms with van der Waals surface area (Å²) in [6.45, 7) is 3.43. The zero-order valence-electron chi connectivity index (χ0n) is 11.8. The lowest BCUT2D eigenvalue weighted by atomic mass is 10.3. The molecule has 0 saturated carbocycles. The van der Waals surface area contributed by atoms with Crippen molar-refractivity contribution < 1.29 is 24.5 Å². The van der Waals surface area contributed by atoms with Crippen LogP contribution in [0.3, 0.4) is 0 Å². The van der Waals surface area contributed by atoms with Gasteiger partial charge in [0, 0.05) is 46.4 Å². The van der Waals surface area contributed by atoms with Crippen molar-refractivity contribution in [2.24, 2.45) is 0 Å². The number of hydrogen-bond acceptors (Lipinski definition) is 5. The number of carboxylic acid groups (broad SMARTS) is 1. The number of piperazine rings is 1. The fourth-order valence-electron chi connectivity index (χ4n) is 2.11. The van der Waals surface area contributed by atoms with E-state index in [0.717, 1.165) is 0 Å². The van der Waals surface area contributed by atoms with Crippen LogP contribution < -0.4 is 0 Å². The second-order valence-corrected chi connectivity index (χ2v) is 4.64. The number of nitrogens with zero attached hydrogens (tertiary/aromatic N) is 3. The van der Waals surface area contributed by atoms with Crippen LogP contribution in [0.2, 0.25) is 0 Å². The maximum atomic E-state index is 12.3. The van der Waals surface area contributed by atoms with Crippen molar-refractivity contribution in [2.45, 2.75) is 0 Å². The molecule has 2 amide bonds. The topological polar surface area (TPSA) is 93.5 Å². The average Bonchev–Trinajstić information content (AvgIpc) is 2.43. The molecule has 1 rings (SSSR count). The highest BCUT2D eigenvalue weighted by molar-refractivity contribution is 5.80. The summed E-state index contributed by atoms with van der Waals surface area (Å²) < 4.78 is 4.90. The molecule has 20 heavy (non-hydrogen) atoms. The van der Waals surface area contributed by atoms with Gasteiger partial charge in [-0.2, -0.15) is 0 Å². The molecule has 1 fully saturated rings. The molecule has 0 aromatic rings. The number of aliphatic hydroxyl groups excluding tert-OH is 1. The molecule has 0 aromatic carbocycles. The fourth-order valence-corrected chi connectivity index (χ4v) is 2.11. The largest absolute Gasteiger partial charge is 0.480 e. The molecule has 1 aliphatic heterocycles. The SMILES string of the molecule is COCCN(CC(=O)O)C(=O)N1CCN(CCO)CC1. The van der Waals surface area contributed by atoms with Crippen molar-refractivity contribution in [3.63, 3.8) is 0 Å². The lowest BCUT2D eigenvalue weighted by Gasteiger charge is -2.36. The van der Waals surface area contributed by atoms with E-state index in [1.54, 1.807) is 4.90 Å². The van der Waals surface area contributed by atoms with Crippen molar-refractivity contribution in [2.75, 3.05) is 66.1 Å². The standard InChI is InChI=1S/C12H23N3O5/c1-20-9-7-15(10-11(17)18)12(19)14-4-2-13(3-5-14)6-8-16/h16H,2-10H2,1H3,(H,17,18). The molecule has 0 bridgehead atoms. The Balaban J connectivity index is 2.50. The maximum absolute atomic E-state index is 12.3. The molecule has 0 aromatic heterocycles. The van der Waals surface area contributed by atoms with Gasteiger partial charge in [0.25, 0.3) is 0 Å². The van der Waals surface area contributed by atoms with E-state index in [1.165, 1.54) is 12.0 Å². The minimum atomic E-state index is -1.03. The van der Waals surface area contributed by atoms with Crippen LogP contribution in [0.25, 0.3) is 0 Å². The Kier molecular flexibility index (Phi) is 7.27. The van der Waals surface area contributed by atoms with Crippen molar-refractivity contribution in [1.82, 2.24) is 14.7 Å². The summed E-state index contributed by atoms with van der Waals surface area (Å²) in [7, 11) is 1.51. The maximum Gasteiger partial charge on any atom is 0.323 e. The van der Waals surface area contributed by atoms with Gasteiger partial charge in [0.05, 0.1) is 13.2 Å². The number of rotatable bonds is 7. The number of carbonyl (C=O) groups is 2. The number of aliphatic carboxylic acids is 1. The van der Waals surface area contributed by atoms with Gasteiger partial charge >= 0.3 is 12.0 Å². The van der Waals surface area contributed by atoms with Gasteiger partial charge in [-0.15, -0.1) is 0 Å². The molecule has 8 nitrogen and oxygen atoms in total. The van der Waals surface area contributed by atoms with Gasteiger partial charge in [0.2, 0.25) is 0 Å². The van der Waals surface area contributed by atoms with Crippen molar-refractivity contribution in [1.29, 1.82) is 0 Å². The molecular formula is C12H23N3O5. The van der Waals surface area contributed by atoms with Crippen LogP contribution in [-0.4, -0.2) is 103 Å². The number of carbonyl (C=O) groups excluding carboxylic acids is 1. The van der Waals surface area contributed by atoms with Gasteiger partial charge in [0.15, 0.2) is 0 Å². The second-order valence-electron chi connectivity index (χ2n) is 4.64. The fraction of sp³-hybridized carbons (Fsp3) is 0.833. The summed E-state index contributed by atoms with van der Waals surface area (Å²) in [6, 6.07) is -0.270. The van der Waals surface area contributed by atoms with E-state index in [-0.39, 0.29) is 25.7 Å². The Labute approximate surface area is 118 Å². The third-order valence-electron chi connectivity index (χ3n) is 3.22. The Morgan fingerprint density at radius 3 is 2.40 bits per heavy atom. The third kappa shape index (κ3) is 5.32. The van der Waals surface area contributed by atoms with E-state index in [1.807, 2.05) is 0 Å². The molecule has 0 spiro atoms. The Bertz CT molecular complexity index is 318. The summed E-state index contributed by atoms with van der Waals surface area (Å²) in [5, 5.41) is 17.7. The van der Waals surface area contributed by atoms with E-state index in [0.29, 0.717) is 39.3 Å². The van der Waals surface area contributed by atoms with Gasteiger partial charge in [0.1, 0.15) is 6.54 Å². The van der Waals surface area contributed by atoms with Gasteiger partial charge < -0.3 is 24.7 Å².